The number of amides is 1. The van der Waals surface area contributed by atoms with E-state index in [1.807, 2.05) is 0 Å². The van der Waals surface area contributed by atoms with Gasteiger partial charge >= 0.3 is 12.1 Å². The molecule has 1 aliphatic rings. The van der Waals surface area contributed by atoms with E-state index in [0.717, 1.165) is 0 Å². The molecule has 0 aromatic heterocycles. The van der Waals surface area contributed by atoms with Gasteiger partial charge in [0, 0.05) is 19.3 Å². The van der Waals surface area contributed by atoms with Gasteiger partial charge in [-0.05, 0) is 12.8 Å². The molecule has 6 heteroatoms. The first-order valence-corrected chi connectivity index (χ1v) is 4.79. The lowest BCUT2D eigenvalue weighted by Crippen LogP contribution is -2.45. The number of methoxy groups -OCH3 is 1. The SMILES string of the molecule is COC(=O)N(CC(=O)O)C1CCOCC1. The molecule has 1 saturated heterocycles. The van der Waals surface area contributed by atoms with Crippen LogP contribution in [0.15, 0.2) is 0 Å². The lowest BCUT2D eigenvalue weighted by molar-refractivity contribution is -0.138. The van der Waals surface area contributed by atoms with Gasteiger partial charge in [-0.25, -0.2) is 4.79 Å². The van der Waals surface area contributed by atoms with Crippen LogP contribution in [0.1, 0.15) is 12.8 Å². The van der Waals surface area contributed by atoms with Crippen molar-refractivity contribution < 1.29 is 24.2 Å². The van der Waals surface area contributed by atoms with Crippen LogP contribution >= 0.6 is 0 Å². The number of carboxylic acids is 1. The number of rotatable bonds is 3. The van der Waals surface area contributed by atoms with Gasteiger partial charge in [-0.1, -0.05) is 0 Å². The molecule has 0 radical (unpaired) electrons. The minimum atomic E-state index is -1.04. The van der Waals surface area contributed by atoms with E-state index < -0.39 is 12.1 Å². The Morgan fingerprint density at radius 2 is 2.07 bits per heavy atom. The zero-order valence-electron chi connectivity index (χ0n) is 8.64. The summed E-state index contributed by atoms with van der Waals surface area (Å²) in [5.41, 5.74) is 0. The summed E-state index contributed by atoms with van der Waals surface area (Å²) in [6, 6.07) is -0.0951. The number of carboxylic acid groups (broad SMARTS) is 1. The fraction of sp³-hybridized carbons (Fsp3) is 0.778. The van der Waals surface area contributed by atoms with Gasteiger partial charge in [0.1, 0.15) is 6.54 Å². The maximum atomic E-state index is 11.3. The Morgan fingerprint density at radius 1 is 1.47 bits per heavy atom. The van der Waals surface area contributed by atoms with Crippen LogP contribution in [-0.2, 0) is 14.3 Å². The van der Waals surface area contributed by atoms with Crippen LogP contribution in [0.5, 0.6) is 0 Å². The third-order valence-corrected chi connectivity index (χ3v) is 2.35. The predicted molar refractivity (Wildman–Crippen MR) is 50.6 cm³/mol. The molecule has 6 nitrogen and oxygen atoms in total. The quantitative estimate of drug-likeness (QED) is 0.736. The molecule has 0 aromatic carbocycles. The fourth-order valence-corrected chi connectivity index (χ4v) is 1.60. The summed E-state index contributed by atoms with van der Waals surface area (Å²) in [5.74, 6) is -1.04. The summed E-state index contributed by atoms with van der Waals surface area (Å²) in [4.78, 5) is 23.2. The van der Waals surface area contributed by atoms with Gasteiger partial charge in [0.2, 0.25) is 0 Å². The Bertz CT molecular complexity index is 237. The van der Waals surface area contributed by atoms with Crippen molar-refractivity contribution in [3.8, 4) is 0 Å². The number of carbonyl (C=O) groups excluding carboxylic acids is 1. The maximum Gasteiger partial charge on any atom is 0.410 e. The summed E-state index contributed by atoms with van der Waals surface area (Å²) in [6.45, 7) is 0.785. The highest BCUT2D eigenvalue weighted by Gasteiger charge is 2.27. The van der Waals surface area contributed by atoms with Crippen LogP contribution in [0.25, 0.3) is 0 Å². The highest BCUT2D eigenvalue weighted by atomic mass is 16.5. The second-order valence-corrected chi connectivity index (χ2v) is 3.34. The number of aliphatic carboxylic acids is 1. The summed E-state index contributed by atoms with van der Waals surface area (Å²) in [7, 11) is 1.25. The molecule has 0 aliphatic carbocycles. The topological polar surface area (TPSA) is 76.1 Å². The normalized spacial score (nSPS) is 17.1. The van der Waals surface area contributed by atoms with Crippen LogP contribution < -0.4 is 0 Å². The van der Waals surface area contributed by atoms with Crippen LogP contribution in [0.3, 0.4) is 0 Å². The number of ether oxygens (including phenoxy) is 2. The van der Waals surface area contributed by atoms with Crippen LogP contribution in [0.2, 0.25) is 0 Å². The fourth-order valence-electron chi connectivity index (χ4n) is 1.60. The molecule has 0 bridgehead atoms. The minimum absolute atomic E-state index is 0.0951. The number of hydrogen-bond donors (Lipinski definition) is 1. The maximum absolute atomic E-state index is 11.3. The van der Waals surface area contributed by atoms with E-state index in [0.29, 0.717) is 26.1 Å². The van der Waals surface area contributed by atoms with Gasteiger partial charge in [0.15, 0.2) is 0 Å². The first-order chi connectivity index (χ1) is 7.15. The van der Waals surface area contributed by atoms with Crippen LogP contribution in [0.4, 0.5) is 4.79 Å². The Labute approximate surface area is 87.8 Å². The molecule has 0 spiro atoms. The molecule has 1 aliphatic heterocycles. The third kappa shape index (κ3) is 3.39. The monoisotopic (exact) mass is 217 g/mol. The second kappa shape index (κ2) is 5.55. The molecule has 1 N–H and O–H groups in total. The molecular weight excluding hydrogens is 202 g/mol. The van der Waals surface area contributed by atoms with Crippen molar-refractivity contribution in [1.29, 1.82) is 0 Å². The average Bonchev–Trinajstić information content (AvgIpc) is 2.26. The first-order valence-electron chi connectivity index (χ1n) is 4.79. The van der Waals surface area contributed by atoms with Crippen molar-refractivity contribution in [2.24, 2.45) is 0 Å². The zero-order chi connectivity index (χ0) is 11.3. The molecule has 0 saturated carbocycles. The van der Waals surface area contributed by atoms with Gasteiger partial charge in [-0.2, -0.15) is 0 Å². The molecule has 15 heavy (non-hydrogen) atoms. The van der Waals surface area contributed by atoms with Crippen molar-refractivity contribution in [2.45, 2.75) is 18.9 Å². The lowest BCUT2D eigenvalue weighted by atomic mass is 10.1. The molecule has 86 valence electrons. The molecule has 0 unspecified atom stereocenters. The van der Waals surface area contributed by atoms with Crippen molar-refractivity contribution in [1.82, 2.24) is 4.90 Å². The highest BCUT2D eigenvalue weighted by Crippen LogP contribution is 2.15. The summed E-state index contributed by atoms with van der Waals surface area (Å²) >= 11 is 0. The van der Waals surface area contributed by atoms with E-state index >= 15 is 0 Å². The van der Waals surface area contributed by atoms with E-state index in [1.165, 1.54) is 12.0 Å². The lowest BCUT2D eigenvalue weighted by Gasteiger charge is -2.31. The predicted octanol–water partition coefficient (Wildman–Crippen LogP) is 0.318. The molecule has 1 amide bonds. The van der Waals surface area contributed by atoms with Gasteiger partial charge < -0.3 is 14.6 Å². The van der Waals surface area contributed by atoms with E-state index in [9.17, 15) is 9.59 Å². The summed E-state index contributed by atoms with van der Waals surface area (Å²) < 4.78 is 9.69. The Hall–Kier alpha value is -1.30. The Balaban J connectivity index is 2.60. The molecular formula is C9H15NO5. The van der Waals surface area contributed by atoms with Crippen molar-refractivity contribution in [2.75, 3.05) is 26.9 Å². The first kappa shape index (κ1) is 11.8. The van der Waals surface area contributed by atoms with Gasteiger partial charge in [0.25, 0.3) is 0 Å². The molecule has 1 fully saturated rings. The standard InChI is InChI=1S/C9H15NO5/c1-14-9(13)10(6-8(11)12)7-2-4-15-5-3-7/h7H,2-6H2,1H3,(H,11,12). The Kier molecular flexibility index (Phi) is 4.36. The van der Waals surface area contributed by atoms with E-state index in [1.54, 1.807) is 0 Å². The average molecular weight is 217 g/mol. The zero-order valence-corrected chi connectivity index (χ0v) is 8.64. The molecule has 1 heterocycles. The van der Waals surface area contributed by atoms with E-state index in [2.05, 4.69) is 4.74 Å². The largest absolute Gasteiger partial charge is 0.480 e. The second-order valence-electron chi connectivity index (χ2n) is 3.34. The van der Waals surface area contributed by atoms with Gasteiger partial charge in [-0.3, -0.25) is 9.69 Å². The van der Waals surface area contributed by atoms with Crippen LogP contribution in [0, 0.1) is 0 Å². The minimum Gasteiger partial charge on any atom is -0.480 e. The molecule has 0 atom stereocenters. The highest BCUT2D eigenvalue weighted by molar-refractivity contribution is 5.76. The molecule has 1 rings (SSSR count). The summed E-state index contributed by atoms with van der Waals surface area (Å²) in [6.07, 6.45) is 0.717. The molecule has 0 aromatic rings. The number of hydrogen-bond acceptors (Lipinski definition) is 4. The number of nitrogens with zero attached hydrogens (tertiary/aromatic N) is 1. The van der Waals surface area contributed by atoms with Gasteiger partial charge in [-0.15, -0.1) is 0 Å². The van der Waals surface area contributed by atoms with Crippen molar-refractivity contribution >= 4 is 12.1 Å². The van der Waals surface area contributed by atoms with Crippen molar-refractivity contribution in [3.63, 3.8) is 0 Å². The van der Waals surface area contributed by atoms with Crippen LogP contribution in [-0.4, -0.2) is 55.0 Å². The van der Waals surface area contributed by atoms with Gasteiger partial charge in [0.05, 0.1) is 7.11 Å². The smallest absolute Gasteiger partial charge is 0.410 e. The number of carbonyl (C=O) groups is 2. The van der Waals surface area contributed by atoms with E-state index in [4.69, 9.17) is 9.84 Å². The van der Waals surface area contributed by atoms with E-state index in [-0.39, 0.29) is 12.6 Å². The third-order valence-electron chi connectivity index (χ3n) is 2.35. The summed E-state index contributed by atoms with van der Waals surface area (Å²) in [5, 5.41) is 8.68. The van der Waals surface area contributed by atoms with Crippen molar-refractivity contribution in [3.05, 3.63) is 0 Å². The Morgan fingerprint density at radius 3 is 2.53 bits per heavy atom.